The van der Waals surface area contributed by atoms with Gasteiger partial charge in [0.15, 0.2) is 0 Å². The average Bonchev–Trinajstić information content (AvgIpc) is 2.66. The van der Waals surface area contributed by atoms with E-state index in [0.717, 1.165) is 35.5 Å². The highest BCUT2D eigenvalue weighted by molar-refractivity contribution is 7.18. The lowest BCUT2D eigenvalue weighted by Gasteiger charge is -2.20. The molecule has 0 aromatic carbocycles. The van der Waals surface area contributed by atoms with E-state index in [1.807, 2.05) is 0 Å². The normalized spacial score (nSPS) is 20.4. The maximum Gasteiger partial charge on any atom is 0.137 e. The van der Waals surface area contributed by atoms with Crippen LogP contribution in [0.2, 0.25) is 0 Å². The second-order valence-corrected chi connectivity index (χ2v) is 6.05. The summed E-state index contributed by atoms with van der Waals surface area (Å²) in [6, 6.07) is 0. The van der Waals surface area contributed by atoms with Crippen molar-refractivity contribution in [2.75, 3.05) is 18.9 Å². The summed E-state index contributed by atoms with van der Waals surface area (Å²) in [7, 11) is 0. The molecule has 3 rings (SSSR count). The maximum atomic E-state index is 6.09. The Hall–Kier alpha value is -1.20. The molecule has 2 aromatic heterocycles. The lowest BCUT2D eigenvalue weighted by Crippen LogP contribution is -2.18. The molecule has 2 N–H and O–H groups in total. The third-order valence-electron chi connectivity index (χ3n) is 3.60. The number of nitrogens with two attached hydrogens (primary N) is 1. The number of rotatable bonds is 1. The van der Waals surface area contributed by atoms with Crippen molar-refractivity contribution < 1.29 is 4.74 Å². The molecule has 4 nitrogen and oxygen atoms in total. The van der Waals surface area contributed by atoms with Crippen molar-refractivity contribution in [1.29, 1.82) is 0 Å². The van der Waals surface area contributed by atoms with Gasteiger partial charge in [0.25, 0.3) is 0 Å². The Bertz CT molecular complexity index is 587. The SMILES string of the molecule is Cc1sc2nc(C3CCCOC3)nc(N)c2c1C. The Labute approximate surface area is 110 Å². The van der Waals surface area contributed by atoms with Crippen molar-refractivity contribution in [2.24, 2.45) is 0 Å². The zero-order valence-electron chi connectivity index (χ0n) is 10.7. The molecule has 1 aliphatic heterocycles. The average molecular weight is 263 g/mol. The fraction of sp³-hybridized carbons (Fsp3) is 0.538. The van der Waals surface area contributed by atoms with Gasteiger partial charge in [0.05, 0.1) is 12.0 Å². The Kier molecular flexibility index (Phi) is 2.95. The van der Waals surface area contributed by atoms with Crippen molar-refractivity contribution in [3.63, 3.8) is 0 Å². The third kappa shape index (κ3) is 1.87. The van der Waals surface area contributed by atoms with E-state index in [1.54, 1.807) is 11.3 Å². The van der Waals surface area contributed by atoms with Crippen molar-refractivity contribution in [2.45, 2.75) is 32.6 Å². The first-order valence-electron chi connectivity index (χ1n) is 6.27. The maximum absolute atomic E-state index is 6.09. The van der Waals surface area contributed by atoms with Gasteiger partial charge in [-0.05, 0) is 32.3 Å². The third-order valence-corrected chi connectivity index (χ3v) is 4.70. The molecule has 0 bridgehead atoms. The van der Waals surface area contributed by atoms with E-state index in [-0.39, 0.29) is 0 Å². The van der Waals surface area contributed by atoms with Crippen LogP contribution in [0.1, 0.15) is 35.0 Å². The van der Waals surface area contributed by atoms with Crippen LogP contribution >= 0.6 is 11.3 Å². The van der Waals surface area contributed by atoms with Crippen LogP contribution in [0.15, 0.2) is 0 Å². The highest BCUT2D eigenvalue weighted by atomic mass is 32.1. The van der Waals surface area contributed by atoms with Crippen molar-refractivity contribution in [1.82, 2.24) is 9.97 Å². The molecule has 0 radical (unpaired) electrons. The number of ether oxygens (including phenoxy) is 1. The Morgan fingerprint density at radius 1 is 1.33 bits per heavy atom. The van der Waals surface area contributed by atoms with Crippen LogP contribution in [-0.4, -0.2) is 23.2 Å². The lowest BCUT2D eigenvalue weighted by molar-refractivity contribution is 0.0782. The predicted molar refractivity (Wildman–Crippen MR) is 74.1 cm³/mol. The monoisotopic (exact) mass is 263 g/mol. The summed E-state index contributed by atoms with van der Waals surface area (Å²) in [6.45, 7) is 5.75. The van der Waals surface area contributed by atoms with Gasteiger partial charge in [0.2, 0.25) is 0 Å². The summed E-state index contributed by atoms with van der Waals surface area (Å²) < 4.78 is 5.50. The van der Waals surface area contributed by atoms with E-state index in [4.69, 9.17) is 10.5 Å². The van der Waals surface area contributed by atoms with E-state index in [0.29, 0.717) is 18.3 Å². The molecule has 1 unspecified atom stereocenters. The van der Waals surface area contributed by atoms with Crippen molar-refractivity contribution in [3.8, 4) is 0 Å². The summed E-state index contributed by atoms with van der Waals surface area (Å²) in [5.41, 5.74) is 7.30. The molecule has 0 spiro atoms. The number of thiophene rings is 1. The standard InChI is InChI=1S/C13H17N3OS/c1-7-8(2)18-13-10(7)11(14)15-12(16-13)9-4-3-5-17-6-9/h9H,3-6H2,1-2H3,(H2,14,15,16). The molecule has 1 fully saturated rings. The first kappa shape index (κ1) is 11.9. The van der Waals surface area contributed by atoms with Crippen LogP contribution in [0.4, 0.5) is 5.82 Å². The molecule has 0 saturated carbocycles. The molecule has 1 atom stereocenters. The Morgan fingerprint density at radius 3 is 2.89 bits per heavy atom. The first-order valence-corrected chi connectivity index (χ1v) is 7.09. The quantitative estimate of drug-likeness (QED) is 0.859. The van der Waals surface area contributed by atoms with E-state index >= 15 is 0 Å². The fourth-order valence-corrected chi connectivity index (χ4v) is 3.47. The first-order chi connectivity index (χ1) is 8.66. The van der Waals surface area contributed by atoms with Crippen LogP contribution in [-0.2, 0) is 4.74 Å². The van der Waals surface area contributed by atoms with Crippen molar-refractivity contribution >= 4 is 27.4 Å². The summed E-state index contributed by atoms with van der Waals surface area (Å²) in [6.07, 6.45) is 2.17. The topological polar surface area (TPSA) is 61.0 Å². The largest absolute Gasteiger partial charge is 0.383 e. The van der Waals surface area contributed by atoms with Gasteiger partial charge in [-0.2, -0.15) is 0 Å². The minimum absolute atomic E-state index is 0.299. The van der Waals surface area contributed by atoms with Gasteiger partial charge in [-0.15, -0.1) is 11.3 Å². The smallest absolute Gasteiger partial charge is 0.137 e. The summed E-state index contributed by atoms with van der Waals surface area (Å²) >= 11 is 1.70. The van der Waals surface area contributed by atoms with E-state index < -0.39 is 0 Å². The summed E-state index contributed by atoms with van der Waals surface area (Å²) in [5, 5.41) is 1.03. The summed E-state index contributed by atoms with van der Waals surface area (Å²) in [4.78, 5) is 11.5. The predicted octanol–water partition coefficient (Wildman–Crippen LogP) is 2.78. The number of aryl methyl sites for hydroxylation is 2. The van der Waals surface area contributed by atoms with Crippen LogP contribution in [0, 0.1) is 13.8 Å². The molecule has 1 saturated heterocycles. The number of anilines is 1. The van der Waals surface area contributed by atoms with Crippen LogP contribution in [0.5, 0.6) is 0 Å². The minimum atomic E-state index is 0.299. The second kappa shape index (κ2) is 4.48. The number of aromatic nitrogens is 2. The van der Waals surface area contributed by atoms with E-state index in [1.165, 1.54) is 10.4 Å². The number of fused-ring (bicyclic) bond motifs is 1. The Morgan fingerprint density at radius 2 is 2.17 bits per heavy atom. The van der Waals surface area contributed by atoms with Crippen LogP contribution < -0.4 is 5.73 Å². The van der Waals surface area contributed by atoms with Gasteiger partial charge in [-0.1, -0.05) is 0 Å². The molecule has 18 heavy (non-hydrogen) atoms. The molecule has 3 heterocycles. The van der Waals surface area contributed by atoms with Gasteiger partial charge in [0, 0.05) is 17.4 Å². The second-order valence-electron chi connectivity index (χ2n) is 4.84. The van der Waals surface area contributed by atoms with Crippen LogP contribution in [0.25, 0.3) is 10.2 Å². The molecule has 0 amide bonds. The molecule has 5 heteroatoms. The fourth-order valence-electron chi connectivity index (χ4n) is 2.42. The number of hydrogen-bond acceptors (Lipinski definition) is 5. The lowest BCUT2D eigenvalue weighted by atomic mass is 10.0. The van der Waals surface area contributed by atoms with Crippen molar-refractivity contribution in [3.05, 3.63) is 16.3 Å². The van der Waals surface area contributed by atoms with Gasteiger partial charge in [0.1, 0.15) is 16.5 Å². The number of hydrogen-bond donors (Lipinski definition) is 1. The van der Waals surface area contributed by atoms with Crippen LogP contribution in [0.3, 0.4) is 0 Å². The highest BCUT2D eigenvalue weighted by Gasteiger charge is 2.21. The molecular formula is C13H17N3OS. The molecule has 2 aromatic rings. The van der Waals surface area contributed by atoms with Gasteiger partial charge < -0.3 is 10.5 Å². The zero-order chi connectivity index (χ0) is 12.7. The highest BCUT2D eigenvalue weighted by Crippen LogP contribution is 2.34. The van der Waals surface area contributed by atoms with Gasteiger partial charge in [-0.25, -0.2) is 9.97 Å². The molecule has 96 valence electrons. The summed E-state index contributed by atoms with van der Waals surface area (Å²) in [5.74, 6) is 1.76. The zero-order valence-corrected chi connectivity index (χ0v) is 11.5. The molecular weight excluding hydrogens is 246 g/mol. The van der Waals surface area contributed by atoms with Gasteiger partial charge in [-0.3, -0.25) is 0 Å². The minimum Gasteiger partial charge on any atom is -0.383 e. The molecule has 1 aliphatic rings. The van der Waals surface area contributed by atoms with E-state index in [9.17, 15) is 0 Å². The number of nitrogens with zero attached hydrogens (tertiary/aromatic N) is 2. The number of nitrogen functional groups attached to an aromatic ring is 1. The Balaban J connectivity index is 2.09. The molecule has 0 aliphatic carbocycles. The van der Waals surface area contributed by atoms with Gasteiger partial charge >= 0.3 is 0 Å². The van der Waals surface area contributed by atoms with E-state index in [2.05, 4.69) is 23.8 Å².